The first-order chi connectivity index (χ1) is 10.3. The quantitative estimate of drug-likeness (QED) is 0.944. The second-order valence-electron chi connectivity index (χ2n) is 6.64. The zero-order valence-corrected chi connectivity index (χ0v) is 14.2. The van der Waals surface area contributed by atoms with E-state index in [4.69, 9.17) is 4.52 Å². The Morgan fingerprint density at radius 3 is 2.77 bits per heavy atom. The molecule has 3 rings (SSSR count). The highest BCUT2D eigenvalue weighted by Crippen LogP contribution is 2.34. The third-order valence-electron chi connectivity index (χ3n) is 3.81. The lowest BCUT2D eigenvalue weighted by Crippen LogP contribution is -2.35. The number of hydrogen-bond acceptors (Lipinski definition) is 4. The molecule has 2 atom stereocenters. The molecule has 0 amide bonds. The van der Waals surface area contributed by atoms with E-state index in [2.05, 4.69) is 27.0 Å². The Kier molecular flexibility index (Phi) is 3.91. The van der Waals surface area contributed by atoms with Crippen molar-refractivity contribution in [2.24, 2.45) is 0 Å². The monoisotopic (exact) mass is 319 g/mol. The van der Waals surface area contributed by atoms with E-state index in [1.165, 1.54) is 11.1 Å². The molecule has 22 heavy (non-hydrogen) atoms. The van der Waals surface area contributed by atoms with Crippen molar-refractivity contribution in [1.82, 2.24) is 14.9 Å². The van der Waals surface area contributed by atoms with E-state index in [-0.39, 0.29) is 10.8 Å². The summed E-state index contributed by atoms with van der Waals surface area (Å²) < 4.78 is 20.3. The lowest BCUT2D eigenvalue weighted by atomic mass is 10.0. The normalized spacial score (nSPS) is 19.2. The smallest absolute Gasteiger partial charge is 0.223 e. The summed E-state index contributed by atoms with van der Waals surface area (Å²) in [6.07, 6.45) is 1.94. The van der Waals surface area contributed by atoms with Crippen molar-refractivity contribution < 1.29 is 8.73 Å². The summed E-state index contributed by atoms with van der Waals surface area (Å²) in [6, 6.07) is 6.35. The predicted octanol–water partition coefficient (Wildman–Crippen LogP) is 3.08. The fourth-order valence-corrected chi connectivity index (χ4v) is 3.46. The van der Waals surface area contributed by atoms with Gasteiger partial charge in [-0.1, -0.05) is 17.3 Å². The molecule has 118 valence electrons. The van der Waals surface area contributed by atoms with E-state index in [1.54, 1.807) is 6.92 Å². The van der Waals surface area contributed by atoms with Gasteiger partial charge in [-0.15, -0.1) is 0 Å². The van der Waals surface area contributed by atoms with Gasteiger partial charge in [0.15, 0.2) is 0 Å². The Labute approximate surface area is 133 Å². The highest BCUT2D eigenvalue weighted by atomic mass is 32.2. The van der Waals surface area contributed by atoms with Crippen molar-refractivity contribution in [1.29, 1.82) is 0 Å². The Hall–Kier alpha value is -1.53. The number of hydrogen-bond donors (Lipinski definition) is 1. The molecule has 1 aromatic carbocycles. The van der Waals surface area contributed by atoms with Gasteiger partial charge in [-0.3, -0.25) is 0 Å². The predicted molar refractivity (Wildman–Crippen MR) is 86.6 cm³/mol. The highest BCUT2D eigenvalue weighted by Gasteiger charge is 2.28. The molecule has 0 radical (unpaired) electrons. The van der Waals surface area contributed by atoms with Crippen molar-refractivity contribution in [2.75, 3.05) is 0 Å². The minimum atomic E-state index is -1.06. The first-order valence-electron chi connectivity index (χ1n) is 7.46. The zero-order valence-electron chi connectivity index (χ0n) is 13.3. The van der Waals surface area contributed by atoms with Crippen molar-refractivity contribution in [3.05, 3.63) is 35.2 Å². The van der Waals surface area contributed by atoms with Crippen LogP contribution in [0.2, 0.25) is 0 Å². The van der Waals surface area contributed by atoms with Crippen LogP contribution in [0.3, 0.4) is 0 Å². The molecule has 0 aliphatic heterocycles. The third-order valence-corrected chi connectivity index (χ3v) is 5.42. The molecule has 0 saturated carbocycles. The van der Waals surface area contributed by atoms with Gasteiger partial charge >= 0.3 is 0 Å². The summed E-state index contributed by atoms with van der Waals surface area (Å²) in [5.74, 6) is 1.19. The van der Waals surface area contributed by atoms with Gasteiger partial charge in [0.2, 0.25) is 11.7 Å². The van der Waals surface area contributed by atoms with Crippen molar-refractivity contribution >= 4 is 11.0 Å². The highest BCUT2D eigenvalue weighted by molar-refractivity contribution is 7.84. The Morgan fingerprint density at radius 2 is 2.14 bits per heavy atom. The van der Waals surface area contributed by atoms with E-state index in [9.17, 15) is 4.21 Å². The summed E-state index contributed by atoms with van der Waals surface area (Å²) >= 11 is 0. The lowest BCUT2D eigenvalue weighted by Gasteiger charge is -2.22. The van der Waals surface area contributed by atoms with Gasteiger partial charge in [0.25, 0.3) is 0 Å². The minimum Gasteiger partial charge on any atom is -0.339 e. The van der Waals surface area contributed by atoms with Crippen molar-refractivity contribution in [3.8, 4) is 11.4 Å². The fraction of sp³-hybridized carbons (Fsp3) is 0.500. The molecule has 5 nitrogen and oxygen atoms in total. The summed E-state index contributed by atoms with van der Waals surface area (Å²) in [5, 5.41) is 3.96. The number of nitrogens with zero attached hydrogens (tertiary/aromatic N) is 2. The van der Waals surface area contributed by atoms with Crippen LogP contribution < -0.4 is 4.72 Å². The average molecular weight is 319 g/mol. The second kappa shape index (κ2) is 5.59. The van der Waals surface area contributed by atoms with Crippen LogP contribution in [-0.2, 0) is 17.4 Å². The molecule has 2 aromatic rings. The molecule has 0 saturated heterocycles. The number of fused-ring (bicyclic) bond motifs is 1. The maximum atomic E-state index is 12.3. The Morgan fingerprint density at radius 1 is 1.36 bits per heavy atom. The maximum Gasteiger partial charge on any atom is 0.223 e. The first-order valence-corrected chi connectivity index (χ1v) is 8.61. The number of benzene rings is 1. The van der Waals surface area contributed by atoms with E-state index in [0.29, 0.717) is 11.7 Å². The first kappa shape index (κ1) is 15.4. The maximum absolute atomic E-state index is 12.3. The molecule has 1 aliphatic rings. The van der Waals surface area contributed by atoms with Crippen molar-refractivity contribution in [3.63, 3.8) is 0 Å². The lowest BCUT2D eigenvalue weighted by molar-refractivity contribution is 0.394. The van der Waals surface area contributed by atoms with Gasteiger partial charge in [-0.2, -0.15) is 4.98 Å². The molecule has 1 aromatic heterocycles. The molecule has 6 heteroatoms. The number of aromatic nitrogens is 2. The van der Waals surface area contributed by atoms with Crippen LogP contribution in [-0.4, -0.2) is 19.1 Å². The van der Waals surface area contributed by atoms with Gasteiger partial charge in [0, 0.05) is 18.5 Å². The molecule has 1 heterocycles. The average Bonchev–Trinajstić information content (AvgIpc) is 3.04. The summed E-state index contributed by atoms with van der Waals surface area (Å²) in [6.45, 7) is 7.72. The van der Waals surface area contributed by atoms with E-state index >= 15 is 0 Å². The molecule has 0 bridgehead atoms. The summed E-state index contributed by atoms with van der Waals surface area (Å²) in [7, 11) is -1.06. The molecular weight excluding hydrogens is 298 g/mol. The van der Waals surface area contributed by atoms with Crippen LogP contribution in [0, 0.1) is 6.92 Å². The van der Waals surface area contributed by atoms with Crippen LogP contribution in [0.5, 0.6) is 0 Å². The van der Waals surface area contributed by atoms with Crippen LogP contribution in [0.1, 0.15) is 50.3 Å². The van der Waals surface area contributed by atoms with Gasteiger partial charge in [-0.05, 0) is 50.8 Å². The van der Waals surface area contributed by atoms with Crippen LogP contribution in [0.15, 0.2) is 22.7 Å². The largest absolute Gasteiger partial charge is 0.339 e. The zero-order chi connectivity index (χ0) is 15.9. The molecule has 0 unspecified atom stereocenters. The third kappa shape index (κ3) is 2.98. The number of rotatable bonds is 3. The summed E-state index contributed by atoms with van der Waals surface area (Å²) in [4.78, 5) is 4.26. The molecule has 0 spiro atoms. The second-order valence-corrected chi connectivity index (χ2v) is 8.64. The van der Waals surface area contributed by atoms with Gasteiger partial charge in [-0.25, -0.2) is 8.93 Å². The number of aryl methyl sites for hydroxylation is 2. The standard InChI is InChI=1S/C16H21N3O2S/c1-10-17-15(18-21-10)12-5-7-13-11(9-12)6-8-14(13)19-22(20)16(2,3)4/h5,7,9,14,19H,6,8H2,1-4H3/t14-,22-/m1/s1. The number of nitrogens with one attached hydrogen (secondary N) is 1. The van der Waals surface area contributed by atoms with Crippen LogP contribution in [0.4, 0.5) is 0 Å². The van der Waals surface area contributed by atoms with E-state index in [1.807, 2.05) is 26.8 Å². The van der Waals surface area contributed by atoms with Gasteiger partial charge in [0.05, 0.1) is 15.7 Å². The fourth-order valence-electron chi connectivity index (χ4n) is 2.60. The van der Waals surface area contributed by atoms with Gasteiger partial charge < -0.3 is 4.52 Å². The molecule has 1 N–H and O–H groups in total. The van der Waals surface area contributed by atoms with E-state index < -0.39 is 11.0 Å². The summed E-state index contributed by atoms with van der Waals surface area (Å²) in [5.41, 5.74) is 3.46. The Balaban J connectivity index is 1.83. The van der Waals surface area contributed by atoms with Crippen molar-refractivity contribution in [2.45, 2.75) is 51.3 Å². The Bertz CT molecular complexity index is 718. The van der Waals surface area contributed by atoms with Gasteiger partial charge in [0.1, 0.15) is 0 Å². The SMILES string of the molecule is Cc1nc(-c2ccc3c(c2)CC[C@H]3N[S@](=O)C(C)(C)C)no1. The van der Waals surface area contributed by atoms with Crippen LogP contribution in [0.25, 0.3) is 11.4 Å². The van der Waals surface area contributed by atoms with E-state index in [0.717, 1.165) is 18.4 Å². The molecular formula is C16H21N3O2S. The molecule has 0 fully saturated rings. The topological polar surface area (TPSA) is 68.0 Å². The molecule has 1 aliphatic carbocycles. The minimum absolute atomic E-state index is 0.149. The van der Waals surface area contributed by atoms with Crippen LogP contribution >= 0.6 is 0 Å².